The molecule has 0 radical (unpaired) electrons. The highest BCUT2D eigenvalue weighted by Crippen LogP contribution is 2.30. The first kappa shape index (κ1) is 25.4. The van der Waals surface area contributed by atoms with Gasteiger partial charge in [0.15, 0.2) is 6.61 Å². The van der Waals surface area contributed by atoms with Crippen LogP contribution >= 0.6 is 11.6 Å². The van der Waals surface area contributed by atoms with E-state index in [-0.39, 0.29) is 22.3 Å². The minimum absolute atomic E-state index is 0.0138. The fourth-order valence-corrected chi connectivity index (χ4v) is 4.67. The molecule has 2 N–H and O–H groups in total. The lowest BCUT2D eigenvalue weighted by molar-refractivity contribution is -0.118. The standard InChI is InChI=1S/C24H25ClN2O6S/c1-16(17-7-5-4-6-8-17)27-34(29,30)19-10-12-22(20(25)14-19)33-15-24(28)26-21-11-9-18(31-2)13-23(21)32-3/h4-14,16,27H,15H2,1-3H3,(H,26,28). The molecule has 0 aliphatic heterocycles. The normalized spacial score (nSPS) is 12.0. The Kier molecular flexibility index (Phi) is 8.38. The monoisotopic (exact) mass is 504 g/mol. The van der Waals surface area contributed by atoms with E-state index in [4.69, 9.17) is 25.8 Å². The second kappa shape index (κ2) is 11.2. The molecule has 0 aromatic heterocycles. The van der Waals surface area contributed by atoms with Crippen LogP contribution in [0.25, 0.3) is 0 Å². The van der Waals surface area contributed by atoms with Crippen molar-refractivity contribution in [2.24, 2.45) is 0 Å². The summed E-state index contributed by atoms with van der Waals surface area (Å²) in [5, 5.41) is 2.74. The summed E-state index contributed by atoms with van der Waals surface area (Å²) < 4.78 is 44.0. The molecule has 0 heterocycles. The molecule has 10 heteroatoms. The van der Waals surface area contributed by atoms with Crippen LogP contribution in [0.4, 0.5) is 5.69 Å². The highest BCUT2D eigenvalue weighted by molar-refractivity contribution is 7.89. The van der Waals surface area contributed by atoms with Crippen LogP contribution in [0.2, 0.25) is 5.02 Å². The van der Waals surface area contributed by atoms with Gasteiger partial charge in [-0.05, 0) is 42.8 Å². The molecule has 3 rings (SSSR count). The van der Waals surface area contributed by atoms with E-state index in [1.54, 1.807) is 25.1 Å². The molecule has 34 heavy (non-hydrogen) atoms. The van der Waals surface area contributed by atoms with E-state index in [1.807, 2.05) is 30.3 Å². The van der Waals surface area contributed by atoms with Gasteiger partial charge in [-0.3, -0.25) is 4.79 Å². The average Bonchev–Trinajstić information content (AvgIpc) is 2.83. The zero-order valence-electron chi connectivity index (χ0n) is 18.9. The van der Waals surface area contributed by atoms with Gasteiger partial charge in [-0.15, -0.1) is 0 Å². The number of hydrogen-bond acceptors (Lipinski definition) is 6. The summed E-state index contributed by atoms with van der Waals surface area (Å²) in [6, 6.07) is 17.8. The average molecular weight is 505 g/mol. The zero-order valence-corrected chi connectivity index (χ0v) is 20.4. The summed E-state index contributed by atoms with van der Waals surface area (Å²) in [4.78, 5) is 12.3. The molecule has 0 spiro atoms. The number of hydrogen-bond donors (Lipinski definition) is 2. The second-order valence-corrected chi connectivity index (χ2v) is 9.37. The van der Waals surface area contributed by atoms with Crippen LogP contribution in [-0.4, -0.2) is 35.2 Å². The molecule has 1 unspecified atom stereocenters. The summed E-state index contributed by atoms with van der Waals surface area (Å²) in [6.07, 6.45) is 0. The van der Waals surface area contributed by atoms with E-state index in [2.05, 4.69) is 10.0 Å². The van der Waals surface area contributed by atoms with Crippen molar-refractivity contribution in [3.63, 3.8) is 0 Å². The summed E-state index contributed by atoms with van der Waals surface area (Å²) in [6.45, 7) is 1.41. The fourth-order valence-electron chi connectivity index (χ4n) is 3.11. The number of nitrogens with one attached hydrogen (secondary N) is 2. The van der Waals surface area contributed by atoms with Gasteiger partial charge in [0.1, 0.15) is 17.2 Å². The van der Waals surface area contributed by atoms with Crippen molar-refractivity contribution in [1.82, 2.24) is 4.72 Å². The quantitative estimate of drug-likeness (QED) is 0.424. The van der Waals surface area contributed by atoms with Gasteiger partial charge in [-0.2, -0.15) is 0 Å². The number of benzene rings is 3. The van der Waals surface area contributed by atoms with Crippen LogP contribution in [-0.2, 0) is 14.8 Å². The maximum absolute atomic E-state index is 12.8. The number of ether oxygens (including phenoxy) is 3. The van der Waals surface area contributed by atoms with Crippen LogP contribution < -0.4 is 24.2 Å². The number of rotatable bonds is 10. The maximum atomic E-state index is 12.8. The Balaban J connectivity index is 1.63. The topological polar surface area (TPSA) is 103 Å². The van der Waals surface area contributed by atoms with Crippen molar-refractivity contribution in [2.45, 2.75) is 17.9 Å². The maximum Gasteiger partial charge on any atom is 0.262 e. The van der Waals surface area contributed by atoms with Crippen molar-refractivity contribution in [1.29, 1.82) is 0 Å². The zero-order chi connectivity index (χ0) is 24.7. The molecular formula is C24H25ClN2O6S. The van der Waals surface area contributed by atoms with Crippen LogP contribution in [0.3, 0.4) is 0 Å². The predicted molar refractivity (Wildman–Crippen MR) is 130 cm³/mol. The number of anilines is 1. The summed E-state index contributed by atoms with van der Waals surface area (Å²) in [5.74, 6) is 0.737. The van der Waals surface area contributed by atoms with Crippen LogP contribution in [0.1, 0.15) is 18.5 Å². The van der Waals surface area contributed by atoms with Gasteiger partial charge in [0.2, 0.25) is 10.0 Å². The van der Waals surface area contributed by atoms with E-state index in [1.165, 1.54) is 32.4 Å². The van der Waals surface area contributed by atoms with Gasteiger partial charge < -0.3 is 19.5 Å². The first-order valence-corrected chi connectivity index (χ1v) is 12.1. The third kappa shape index (κ3) is 6.40. The smallest absolute Gasteiger partial charge is 0.262 e. The summed E-state index contributed by atoms with van der Waals surface area (Å²) >= 11 is 6.23. The first-order chi connectivity index (χ1) is 16.2. The first-order valence-electron chi connectivity index (χ1n) is 10.2. The largest absolute Gasteiger partial charge is 0.497 e. The molecular weight excluding hydrogens is 480 g/mol. The highest BCUT2D eigenvalue weighted by Gasteiger charge is 2.20. The Labute approximate surface area is 203 Å². The molecule has 0 fully saturated rings. The Morgan fingerprint density at radius 2 is 1.71 bits per heavy atom. The van der Waals surface area contributed by atoms with Crippen LogP contribution in [0.15, 0.2) is 71.6 Å². The predicted octanol–water partition coefficient (Wildman–Crippen LogP) is 4.41. The van der Waals surface area contributed by atoms with E-state index in [9.17, 15) is 13.2 Å². The molecule has 0 bridgehead atoms. The second-order valence-electron chi connectivity index (χ2n) is 7.25. The number of sulfonamides is 1. The lowest BCUT2D eigenvalue weighted by atomic mass is 10.1. The van der Waals surface area contributed by atoms with Gasteiger partial charge in [0.25, 0.3) is 5.91 Å². The number of carbonyl (C=O) groups excluding carboxylic acids is 1. The Hall–Kier alpha value is -3.27. The van der Waals surface area contributed by atoms with E-state index >= 15 is 0 Å². The number of halogens is 1. The minimum Gasteiger partial charge on any atom is -0.497 e. The van der Waals surface area contributed by atoms with E-state index in [0.717, 1.165) is 5.56 Å². The lowest BCUT2D eigenvalue weighted by Crippen LogP contribution is -2.27. The fraction of sp³-hybridized carbons (Fsp3) is 0.208. The highest BCUT2D eigenvalue weighted by atomic mass is 35.5. The van der Waals surface area contributed by atoms with E-state index in [0.29, 0.717) is 17.2 Å². The van der Waals surface area contributed by atoms with Crippen molar-refractivity contribution >= 4 is 33.2 Å². The Bertz CT molecular complexity index is 1250. The Morgan fingerprint density at radius 3 is 2.35 bits per heavy atom. The molecule has 0 aliphatic rings. The van der Waals surface area contributed by atoms with Gasteiger partial charge >= 0.3 is 0 Å². The summed E-state index contributed by atoms with van der Waals surface area (Å²) in [7, 11) is -0.819. The minimum atomic E-state index is -3.83. The van der Waals surface area contributed by atoms with Crippen molar-refractivity contribution < 1.29 is 27.4 Å². The van der Waals surface area contributed by atoms with Crippen molar-refractivity contribution in [2.75, 3.05) is 26.1 Å². The van der Waals surface area contributed by atoms with Crippen LogP contribution in [0, 0.1) is 0 Å². The molecule has 0 saturated heterocycles. The van der Waals surface area contributed by atoms with Crippen molar-refractivity contribution in [3.05, 3.63) is 77.3 Å². The third-order valence-electron chi connectivity index (χ3n) is 4.89. The van der Waals surface area contributed by atoms with Crippen LogP contribution in [0.5, 0.6) is 17.2 Å². The number of methoxy groups -OCH3 is 2. The molecule has 0 aliphatic carbocycles. The molecule has 8 nitrogen and oxygen atoms in total. The molecule has 3 aromatic carbocycles. The molecule has 180 valence electrons. The van der Waals surface area contributed by atoms with Gasteiger partial charge in [-0.25, -0.2) is 13.1 Å². The van der Waals surface area contributed by atoms with Crippen molar-refractivity contribution in [3.8, 4) is 17.2 Å². The number of carbonyl (C=O) groups is 1. The van der Waals surface area contributed by atoms with Gasteiger partial charge in [-0.1, -0.05) is 41.9 Å². The van der Waals surface area contributed by atoms with Gasteiger partial charge in [0.05, 0.1) is 29.8 Å². The Morgan fingerprint density at radius 1 is 0.971 bits per heavy atom. The van der Waals surface area contributed by atoms with Gasteiger partial charge in [0, 0.05) is 12.1 Å². The molecule has 0 saturated carbocycles. The summed E-state index contributed by atoms with van der Waals surface area (Å²) in [5.41, 5.74) is 1.28. The number of amides is 1. The van der Waals surface area contributed by atoms with E-state index < -0.39 is 22.0 Å². The SMILES string of the molecule is COc1ccc(NC(=O)COc2ccc(S(=O)(=O)NC(C)c3ccccc3)cc2Cl)c(OC)c1. The third-order valence-corrected chi connectivity index (χ3v) is 6.72. The lowest BCUT2D eigenvalue weighted by Gasteiger charge is -2.15. The molecule has 3 aromatic rings. The molecule has 1 atom stereocenters. The molecule has 1 amide bonds.